The lowest BCUT2D eigenvalue weighted by atomic mass is 9.98. The molecule has 2 atom stereocenters. The van der Waals surface area contributed by atoms with E-state index in [1.807, 2.05) is 6.07 Å². The minimum atomic E-state index is -0.413. The van der Waals surface area contributed by atoms with E-state index in [-0.39, 0.29) is 18.2 Å². The van der Waals surface area contributed by atoms with Crippen molar-refractivity contribution >= 4 is 5.78 Å². The summed E-state index contributed by atoms with van der Waals surface area (Å²) in [5.41, 5.74) is 0.908. The topological polar surface area (TPSA) is 75.8 Å². The van der Waals surface area contributed by atoms with Crippen LogP contribution < -0.4 is 0 Å². The highest BCUT2D eigenvalue weighted by atomic mass is 16.5. The first-order valence-electron chi connectivity index (χ1n) is 9.12. The van der Waals surface area contributed by atoms with Crippen LogP contribution in [0.3, 0.4) is 0 Å². The van der Waals surface area contributed by atoms with Crippen LogP contribution in [0.1, 0.15) is 44.1 Å². The molecule has 1 N–H and O–H groups in total. The number of rotatable bonds is 7. The molecule has 24 heavy (non-hydrogen) atoms. The molecule has 3 heterocycles. The number of carbonyl (C=O) groups is 1. The van der Waals surface area contributed by atoms with Crippen molar-refractivity contribution in [3.8, 4) is 0 Å². The Balaban J connectivity index is 1.58. The molecule has 0 aliphatic carbocycles. The van der Waals surface area contributed by atoms with Gasteiger partial charge in [-0.15, -0.1) is 0 Å². The molecule has 6 nitrogen and oxygen atoms in total. The fourth-order valence-electron chi connectivity index (χ4n) is 3.78. The van der Waals surface area contributed by atoms with Gasteiger partial charge in [0, 0.05) is 32.4 Å². The first kappa shape index (κ1) is 17.6. The summed E-state index contributed by atoms with van der Waals surface area (Å²) in [7, 11) is 0. The van der Waals surface area contributed by atoms with E-state index in [0.29, 0.717) is 24.6 Å². The summed E-state index contributed by atoms with van der Waals surface area (Å²) < 4.78 is 10.7. The van der Waals surface area contributed by atoms with E-state index in [1.54, 1.807) is 0 Å². The number of ketones is 1. The monoisotopic (exact) mass is 336 g/mol. The van der Waals surface area contributed by atoms with Gasteiger partial charge in [-0.05, 0) is 31.6 Å². The van der Waals surface area contributed by atoms with E-state index in [2.05, 4.69) is 17.0 Å². The number of β-amino-alcohol motifs (C(OH)–C–C–N with tert-alkyl or cyclic N) is 1. The second-order valence-electron chi connectivity index (χ2n) is 7.09. The predicted molar refractivity (Wildman–Crippen MR) is 88.7 cm³/mol. The molecule has 0 spiro atoms. The van der Waals surface area contributed by atoms with Crippen molar-refractivity contribution in [3.05, 3.63) is 17.5 Å². The third kappa shape index (κ3) is 4.43. The third-order valence-electron chi connectivity index (χ3n) is 5.05. The molecule has 0 saturated carbocycles. The average molecular weight is 336 g/mol. The second-order valence-corrected chi connectivity index (χ2v) is 7.09. The smallest absolute Gasteiger partial charge is 0.157 e. The molecule has 0 amide bonds. The number of aliphatic hydroxyl groups is 1. The van der Waals surface area contributed by atoms with Gasteiger partial charge >= 0.3 is 0 Å². The Morgan fingerprint density at radius 1 is 1.42 bits per heavy atom. The summed E-state index contributed by atoms with van der Waals surface area (Å²) in [6, 6.07) is 1.68. The molecule has 1 aromatic rings. The lowest BCUT2D eigenvalue weighted by Crippen LogP contribution is -2.41. The van der Waals surface area contributed by atoms with Crippen molar-refractivity contribution < 1.29 is 19.2 Å². The minimum absolute atomic E-state index is 0.123. The third-order valence-corrected chi connectivity index (χ3v) is 5.05. The standard InChI is InChI=1S/C18H28N2O4/c1-2-3-14-8-16(24-19-14)10-18(22)17-9-15(21)12-20(17)11-13-4-6-23-7-5-13/h8,13,15,17,21H,2-7,9-12H2,1H3/t15-,17+/m1/s1. The Morgan fingerprint density at radius 3 is 2.96 bits per heavy atom. The average Bonchev–Trinajstić information content (AvgIpc) is 3.15. The highest BCUT2D eigenvalue weighted by molar-refractivity contribution is 5.86. The second kappa shape index (κ2) is 8.23. The normalized spacial score (nSPS) is 26.1. The molecule has 3 rings (SSSR count). The zero-order valence-electron chi connectivity index (χ0n) is 14.4. The number of likely N-dealkylation sites (tertiary alicyclic amines) is 1. The van der Waals surface area contributed by atoms with E-state index in [0.717, 1.165) is 51.1 Å². The van der Waals surface area contributed by atoms with Crippen LogP contribution in [0.15, 0.2) is 10.6 Å². The van der Waals surface area contributed by atoms with Gasteiger partial charge in [-0.25, -0.2) is 0 Å². The van der Waals surface area contributed by atoms with E-state index in [9.17, 15) is 9.90 Å². The van der Waals surface area contributed by atoms with Crippen LogP contribution in [0, 0.1) is 5.92 Å². The summed E-state index contributed by atoms with van der Waals surface area (Å²) in [6.45, 7) is 5.16. The zero-order valence-corrected chi connectivity index (χ0v) is 14.4. The van der Waals surface area contributed by atoms with Gasteiger partial charge in [-0.1, -0.05) is 18.5 Å². The van der Waals surface area contributed by atoms with Gasteiger partial charge in [0.1, 0.15) is 5.76 Å². The van der Waals surface area contributed by atoms with Gasteiger partial charge in [-0.2, -0.15) is 0 Å². The van der Waals surface area contributed by atoms with E-state index >= 15 is 0 Å². The molecule has 134 valence electrons. The highest BCUT2D eigenvalue weighted by Crippen LogP contribution is 2.25. The Kier molecular flexibility index (Phi) is 6.03. The maximum Gasteiger partial charge on any atom is 0.157 e. The Hall–Kier alpha value is -1.24. The molecule has 0 aromatic carbocycles. The number of hydrogen-bond donors (Lipinski definition) is 1. The molecule has 2 fully saturated rings. The molecule has 0 radical (unpaired) electrons. The van der Waals surface area contributed by atoms with Crippen LogP contribution in [0.4, 0.5) is 0 Å². The number of aromatic nitrogens is 1. The van der Waals surface area contributed by atoms with E-state index in [4.69, 9.17) is 9.26 Å². The quantitative estimate of drug-likeness (QED) is 0.815. The van der Waals surface area contributed by atoms with Crippen LogP contribution in [0.2, 0.25) is 0 Å². The molecule has 2 aliphatic rings. The van der Waals surface area contributed by atoms with Gasteiger partial charge in [0.2, 0.25) is 0 Å². The summed E-state index contributed by atoms with van der Waals surface area (Å²) in [6.07, 6.45) is 4.33. The first-order valence-corrected chi connectivity index (χ1v) is 9.12. The van der Waals surface area contributed by atoms with Crippen LogP contribution in [0.5, 0.6) is 0 Å². The predicted octanol–water partition coefficient (Wildman–Crippen LogP) is 1.60. The van der Waals surface area contributed by atoms with Crippen molar-refractivity contribution in [2.75, 3.05) is 26.3 Å². The Morgan fingerprint density at radius 2 is 2.21 bits per heavy atom. The van der Waals surface area contributed by atoms with Gasteiger partial charge in [0.15, 0.2) is 5.78 Å². The van der Waals surface area contributed by atoms with Crippen LogP contribution >= 0.6 is 0 Å². The summed E-state index contributed by atoms with van der Waals surface area (Å²) in [4.78, 5) is 14.9. The van der Waals surface area contributed by atoms with Crippen molar-refractivity contribution in [2.24, 2.45) is 5.92 Å². The Bertz CT molecular complexity index is 539. The van der Waals surface area contributed by atoms with E-state index in [1.165, 1.54) is 0 Å². The highest BCUT2D eigenvalue weighted by Gasteiger charge is 2.37. The summed E-state index contributed by atoms with van der Waals surface area (Å²) >= 11 is 0. The maximum atomic E-state index is 12.7. The van der Waals surface area contributed by atoms with Crippen LogP contribution in [-0.4, -0.2) is 59.4 Å². The summed E-state index contributed by atoms with van der Waals surface area (Å²) in [5.74, 6) is 1.31. The molecular formula is C18H28N2O4. The number of hydrogen-bond acceptors (Lipinski definition) is 6. The molecule has 0 unspecified atom stereocenters. The molecule has 2 saturated heterocycles. The SMILES string of the molecule is CCCc1cc(CC(=O)[C@@H]2C[C@@H](O)CN2CC2CCOCC2)on1. The lowest BCUT2D eigenvalue weighted by molar-refractivity contribution is -0.123. The van der Waals surface area contributed by atoms with Crippen molar-refractivity contribution in [2.45, 2.75) is 57.6 Å². The largest absolute Gasteiger partial charge is 0.392 e. The Labute approximate surface area is 143 Å². The fraction of sp³-hybridized carbons (Fsp3) is 0.778. The molecule has 6 heteroatoms. The maximum absolute atomic E-state index is 12.7. The van der Waals surface area contributed by atoms with Crippen molar-refractivity contribution in [3.63, 3.8) is 0 Å². The van der Waals surface area contributed by atoms with Crippen molar-refractivity contribution in [1.29, 1.82) is 0 Å². The number of nitrogens with zero attached hydrogens (tertiary/aromatic N) is 2. The molecule has 1 aromatic heterocycles. The van der Waals surface area contributed by atoms with Crippen LogP contribution in [-0.2, 0) is 22.4 Å². The number of aliphatic hydroxyl groups excluding tert-OH is 1. The number of carbonyl (C=O) groups excluding carboxylic acids is 1. The minimum Gasteiger partial charge on any atom is -0.392 e. The first-order chi connectivity index (χ1) is 11.7. The fourth-order valence-corrected chi connectivity index (χ4v) is 3.78. The number of ether oxygens (including phenoxy) is 1. The van der Waals surface area contributed by atoms with Crippen LogP contribution in [0.25, 0.3) is 0 Å². The van der Waals surface area contributed by atoms with Gasteiger partial charge in [-0.3, -0.25) is 9.69 Å². The molecule has 0 bridgehead atoms. The van der Waals surface area contributed by atoms with Gasteiger partial charge in [0.25, 0.3) is 0 Å². The van der Waals surface area contributed by atoms with Crippen molar-refractivity contribution in [1.82, 2.24) is 10.1 Å². The lowest BCUT2D eigenvalue weighted by Gasteiger charge is -2.30. The van der Waals surface area contributed by atoms with Gasteiger partial charge in [0.05, 0.1) is 24.3 Å². The van der Waals surface area contributed by atoms with Gasteiger partial charge < -0.3 is 14.4 Å². The zero-order chi connectivity index (χ0) is 16.9. The molecular weight excluding hydrogens is 308 g/mol. The summed E-state index contributed by atoms with van der Waals surface area (Å²) in [5, 5.41) is 14.0. The van der Waals surface area contributed by atoms with E-state index < -0.39 is 6.10 Å². The number of Topliss-reactive ketones (excluding diaryl/α,β-unsaturated/α-hetero) is 1. The number of aryl methyl sites for hydroxylation is 1. The molecule has 2 aliphatic heterocycles.